The van der Waals surface area contributed by atoms with Crippen molar-refractivity contribution in [3.63, 3.8) is 0 Å². The zero-order valence-electron chi connectivity index (χ0n) is 16.0. The summed E-state index contributed by atoms with van der Waals surface area (Å²) in [6.45, 7) is 2.37. The molecule has 1 fully saturated rings. The minimum Gasteiger partial charge on any atom is -0.348 e. The number of nitrogens with one attached hydrogen (secondary N) is 1. The molecule has 0 saturated heterocycles. The molecule has 1 aliphatic carbocycles. The molecule has 1 N–H and O–H groups in total. The van der Waals surface area contributed by atoms with E-state index in [1.807, 2.05) is 19.1 Å². The van der Waals surface area contributed by atoms with Gasteiger partial charge in [0, 0.05) is 37.0 Å². The number of amides is 1. The van der Waals surface area contributed by atoms with E-state index in [9.17, 15) is 14.9 Å². The third-order valence-electron chi connectivity index (χ3n) is 5.02. The SMILES string of the molecule is CCc1c(C(=O)NCc2cccnc2)c(C2CC2)nn1-c1ccc([N+](=O)[O-])cc1. The highest BCUT2D eigenvalue weighted by atomic mass is 16.6. The lowest BCUT2D eigenvalue weighted by molar-refractivity contribution is -0.384. The highest BCUT2D eigenvalue weighted by Gasteiger charge is 2.34. The van der Waals surface area contributed by atoms with Crippen LogP contribution in [0.2, 0.25) is 0 Å². The maximum atomic E-state index is 13.1. The summed E-state index contributed by atoms with van der Waals surface area (Å²) in [5, 5.41) is 18.6. The van der Waals surface area contributed by atoms with Gasteiger partial charge in [-0.05, 0) is 43.0 Å². The number of aromatic nitrogens is 3. The van der Waals surface area contributed by atoms with Crippen LogP contribution in [-0.2, 0) is 13.0 Å². The van der Waals surface area contributed by atoms with Gasteiger partial charge in [0.2, 0.25) is 0 Å². The quantitative estimate of drug-likeness (QED) is 0.490. The Labute approximate surface area is 167 Å². The van der Waals surface area contributed by atoms with Crippen molar-refractivity contribution >= 4 is 11.6 Å². The van der Waals surface area contributed by atoms with Gasteiger partial charge in [0.05, 0.1) is 27.6 Å². The normalized spacial score (nSPS) is 13.3. The largest absolute Gasteiger partial charge is 0.348 e. The highest BCUT2D eigenvalue weighted by Crippen LogP contribution is 2.42. The molecule has 8 heteroatoms. The lowest BCUT2D eigenvalue weighted by Gasteiger charge is -2.09. The number of carbonyl (C=O) groups excluding carboxylic acids is 1. The summed E-state index contributed by atoms with van der Waals surface area (Å²) in [6.07, 6.45) is 6.07. The van der Waals surface area contributed by atoms with E-state index in [-0.39, 0.29) is 11.6 Å². The molecule has 0 unspecified atom stereocenters. The lowest BCUT2D eigenvalue weighted by atomic mass is 10.1. The molecular formula is C21H21N5O3. The molecule has 3 aromatic rings. The summed E-state index contributed by atoms with van der Waals surface area (Å²) in [5.41, 5.74) is 3.90. The van der Waals surface area contributed by atoms with Crippen LogP contribution >= 0.6 is 0 Å². The zero-order chi connectivity index (χ0) is 20.4. The van der Waals surface area contributed by atoms with Crippen molar-refractivity contribution in [1.82, 2.24) is 20.1 Å². The third-order valence-corrected chi connectivity index (χ3v) is 5.02. The summed E-state index contributed by atoms with van der Waals surface area (Å²) >= 11 is 0. The van der Waals surface area contributed by atoms with E-state index in [2.05, 4.69) is 10.3 Å². The summed E-state index contributed by atoms with van der Waals surface area (Å²) in [7, 11) is 0. The molecule has 0 radical (unpaired) electrons. The Morgan fingerprint density at radius 2 is 2.03 bits per heavy atom. The van der Waals surface area contributed by atoms with Crippen LogP contribution in [0, 0.1) is 10.1 Å². The van der Waals surface area contributed by atoms with Crippen LogP contribution in [0.5, 0.6) is 0 Å². The Kier molecular flexibility index (Phi) is 5.07. The topological polar surface area (TPSA) is 103 Å². The van der Waals surface area contributed by atoms with Crippen LogP contribution in [0.1, 0.15) is 53.0 Å². The molecule has 148 valence electrons. The van der Waals surface area contributed by atoms with Crippen molar-refractivity contribution in [2.45, 2.75) is 38.6 Å². The minimum atomic E-state index is -0.430. The van der Waals surface area contributed by atoms with E-state index < -0.39 is 4.92 Å². The van der Waals surface area contributed by atoms with Crippen LogP contribution in [0.25, 0.3) is 5.69 Å². The summed E-state index contributed by atoms with van der Waals surface area (Å²) < 4.78 is 1.75. The molecule has 0 bridgehead atoms. The van der Waals surface area contributed by atoms with Crippen LogP contribution in [-0.4, -0.2) is 25.6 Å². The van der Waals surface area contributed by atoms with Gasteiger partial charge in [-0.2, -0.15) is 5.10 Å². The van der Waals surface area contributed by atoms with Gasteiger partial charge >= 0.3 is 0 Å². The molecular weight excluding hydrogens is 370 g/mol. The predicted molar refractivity (Wildman–Crippen MR) is 107 cm³/mol. The molecule has 1 saturated carbocycles. The maximum absolute atomic E-state index is 13.1. The molecule has 0 spiro atoms. The Morgan fingerprint density at radius 3 is 2.62 bits per heavy atom. The second-order valence-electron chi connectivity index (χ2n) is 7.06. The Balaban J connectivity index is 1.67. The number of benzene rings is 1. The van der Waals surface area contributed by atoms with E-state index in [1.165, 1.54) is 12.1 Å². The van der Waals surface area contributed by atoms with Crippen LogP contribution < -0.4 is 5.32 Å². The molecule has 29 heavy (non-hydrogen) atoms. The Hall–Kier alpha value is -3.55. The van der Waals surface area contributed by atoms with E-state index in [0.29, 0.717) is 30.1 Å². The average molecular weight is 391 g/mol. The second-order valence-corrected chi connectivity index (χ2v) is 7.06. The van der Waals surface area contributed by atoms with Gasteiger partial charge in [-0.25, -0.2) is 4.68 Å². The molecule has 8 nitrogen and oxygen atoms in total. The molecule has 4 rings (SSSR count). The van der Waals surface area contributed by atoms with Gasteiger partial charge in [0.1, 0.15) is 0 Å². The minimum absolute atomic E-state index is 0.0239. The van der Waals surface area contributed by atoms with E-state index >= 15 is 0 Å². The van der Waals surface area contributed by atoms with Gasteiger partial charge in [0.25, 0.3) is 11.6 Å². The van der Waals surface area contributed by atoms with Crippen molar-refractivity contribution in [3.05, 3.63) is 81.4 Å². The van der Waals surface area contributed by atoms with E-state index in [0.717, 1.165) is 29.8 Å². The fourth-order valence-corrected chi connectivity index (χ4v) is 3.39. The van der Waals surface area contributed by atoms with Crippen molar-refractivity contribution in [1.29, 1.82) is 0 Å². The number of hydrogen-bond acceptors (Lipinski definition) is 5. The molecule has 0 aliphatic heterocycles. The smallest absolute Gasteiger partial charge is 0.269 e. The first kappa shape index (κ1) is 18.8. The molecule has 1 amide bonds. The van der Waals surface area contributed by atoms with Crippen LogP contribution in [0.4, 0.5) is 5.69 Å². The third kappa shape index (κ3) is 3.87. The Morgan fingerprint density at radius 1 is 1.28 bits per heavy atom. The monoisotopic (exact) mass is 391 g/mol. The predicted octanol–water partition coefficient (Wildman–Crippen LogP) is 3.55. The van der Waals surface area contributed by atoms with Gasteiger partial charge in [-0.1, -0.05) is 13.0 Å². The van der Waals surface area contributed by atoms with Crippen molar-refractivity contribution < 1.29 is 9.72 Å². The fraction of sp³-hybridized carbons (Fsp3) is 0.286. The standard InChI is InChI=1S/C21H21N5O3/c1-2-18-19(21(27)23-13-14-4-3-11-22-12-14)20(15-5-6-15)24-25(18)16-7-9-17(10-8-16)26(28)29/h3-4,7-12,15H,2,5-6,13H2,1H3,(H,23,27). The zero-order valence-corrected chi connectivity index (χ0v) is 16.0. The molecule has 0 atom stereocenters. The maximum Gasteiger partial charge on any atom is 0.269 e. The van der Waals surface area contributed by atoms with Gasteiger partial charge in [-0.15, -0.1) is 0 Å². The number of carbonyl (C=O) groups is 1. The number of nitro benzene ring substituents is 1. The van der Waals surface area contributed by atoms with Crippen LogP contribution in [0.15, 0.2) is 48.8 Å². The summed E-state index contributed by atoms with van der Waals surface area (Å²) in [5.74, 6) is 0.138. The first-order valence-electron chi connectivity index (χ1n) is 9.62. The number of rotatable bonds is 7. The van der Waals surface area contributed by atoms with Gasteiger partial charge in [-0.3, -0.25) is 19.9 Å². The van der Waals surface area contributed by atoms with E-state index in [4.69, 9.17) is 5.10 Å². The molecule has 1 aliphatic rings. The number of nitro groups is 1. The first-order valence-corrected chi connectivity index (χ1v) is 9.62. The fourth-order valence-electron chi connectivity index (χ4n) is 3.39. The summed E-state index contributed by atoms with van der Waals surface area (Å²) in [6, 6.07) is 9.98. The lowest BCUT2D eigenvalue weighted by Crippen LogP contribution is -2.24. The molecule has 1 aromatic carbocycles. The van der Waals surface area contributed by atoms with Crippen LogP contribution in [0.3, 0.4) is 0 Å². The second kappa shape index (κ2) is 7.83. The number of hydrogen-bond donors (Lipinski definition) is 1. The first-order chi connectivity index (χ1) is 14.1. The molecule has 2 aromatic heterocycles. The van der Waals surface area contributed by atoms with Gasteiger partial charge in [0.15, 0.2) is 0 Å². The average Bonchev–Trinajstić information content (AvgIpc) is 3.52. The van der Waals surface area contributed by atoms with Crippen molar-refractivity contribution in [3.8, 4) is 5.69 Å². The summed E-state index contributed by atoms with van der Waals surface area (Å²) in [4.78, 5) is 27.6. The number of non-ortho nitro benzene ring substituents is 1. The number of pyridine rings is 1. The highest BCUT2D eigenvalue weighted by molar-refractivity contribution is 5.97. The van der Waals surface area contributed by atoms with E-state index in [1.54, 1.807) is 29.2 Å². The van der Waals surface area contributed by atoms with Gasteiger partial charge < -0.3 is 5.32 Å². The number of nitrogens with zero attached hydrogens (tertiary/aromatic N) is 4. The van der Waals surface area contributed by atoms with Crippen molar-refractivity contribution in [2.24, 2.45) is 0 Å². The Bertz CT molecular complexity index is 1040. The molecule has 2 heterocycles. The van der Waals surface area contributed by atoms with Crippen molar-refractivity contribution in [2.75, 3.05) is 0 Å².